The van der Waals surface area contributed by atoms with Gasteiger partial charge >= 0.3 is 0 Å². The maximum atomic E-state index is 12.3. The lowest BCUT2D eigenvalue weighted by Gasteiger charge is -2.01. The highest BCUT2D eigenvalue weighted by Gasteiger charge is 2.13. The van der Waals surface area contributed by atoms with Crippen LogP contribution < -0.4 is 16.2 Å². The van der Waals surface area contributed by atoms with Gasteiger partial charge in [0.05, 0.1) is 15.9 Å². The Bertz CT molecular complexity index is 1290. The van der Waals surface area contributed by atoms with Gasteiger partial charge in [-0.15, -0.1) is 11.3 Å². The summed E-state index contributed by atoms with van der Waals surface area (Å²) in [5, 5.41) is 8.15. The van der Waals surface area contributed by atoms with Gasteiger partial charge in [-0.1, -0.05) is 17.4 Å². The average molecular weight is 440 g/mol. The minimum Gasteiger partial charge on any atom is -0.328 e. The Balaban J connectivity index is 1.32. The first kappa shape index (κ1) is 19.9. The molecule has 2 amide bonds. The van der Waals surface area contributed by atoms with Crippen LogP contribution in [0.25, 0.3) is 10.2 Å². The zero-order chi connectivity index (χ0) is 21.1. The maximum Gasteiger partial charge on any atom is 0.263 e. The Hall–Kier alpha value is -3.37. The number of H-pyrrole nitrogens is 1. The monoisotopic (exact) mass is 439 g/mol. The molecule has 4 aromatic rings. The fourth-order valence-corrected chi connectivity index (χ4v) is 4.47. The number of fused-ring (bicyclic) bond motifs is 1. The number of nitrogens with one attached hydrogen (secondary N) is 3. The number of thiazole rings is 2. The minimum absolute atomic E-state index is 0.0136. The largest absolute Gasteiger partial charge is 0.328 e. The van der Waals surface area contributed by atoms with Gasteiger partial charge in [0.2, 0.25) is 5.91 Å². The van der Waals surface area contributed by atoms with Crippen molar-refractivity contribution in [3.8, 4) is 0 Å². The zero-order valence-electron chi connectivity index (χ0n) is 15.9. The van der Waals surface area contributed by atoms with Crippen molar-refractivity contribution in [3.05, 3.63) is 69.1 Å². The second-order valence-corrected chi connectivity index (χ2v) is 8.44. The molecule has 8 nitrogen and oxygen atoms in total. The first-order chi connectivity index (χ1) is 14.5. The summed E-state index contributed by atoms with van der Waals surface area (Å²) in [7, 11) is 0. The number of amides is 2. The quantitative estimate of drug-likeness (QED) is 0.425. The predicted molar refractivity (Wildman–Crippen MR) is 118 cm³/mol. The molecule has 30 heavy (non-hydrogen) atoms. The first-order valence-corrected chi connectivity index (χ1v) is 10.8. The molecule has 0 saturated heterocycles. The van der Waals surface area contributed by atoms with E-state index in [1.54, 1.807) is 11.4 Å². The van der Waals surface area contributed by atoms with Crippen molar-refractivity contribution in [2.45, 2.75) is 19.8 Å². The molecular formula is C20H17N5O3S2. The molecule has 4 rings (SSSR count). The number of aryl methyl sites for hydroxylation is 2. The molecule has 0 aliphatic carbocycles. The van der Waals surface area contributed by atoms with Gasteiger partial charge in [0.25, 0.3) is 11.5 Å². The smallest absolute Gasteiger partial charge is 0.263 e. The third-order valence-electron chi connectivity index (χ3n) is 4.23. The SMILES string of the molecule is Cc1ccc2nc(NC(=O)CCc3csc(NC(=O)c4ccc[nH]c4=O)n3)sc2c1. The van der Waals surface area contributed by atoms with Crippen LogP contribution in [-0.4, -0.2) is 26.8 Å². The third kappa shape index (κ3) is 4.61. The standard InChI is InChI=1S/C20H17N5O3S2/c1-11-4-6-14-15(9-11)30-20(23-14)24-16(26)7-5-12-10-29-19(22-12)25-18(28)13-3-2-8-21-17(13)27/h2-4,6,8-10H,5,7H2,1H3,(H,21,27)(H,22,25,28)(H,23,24,26). The molecule has 3 N–H and O–H groups in total. The van der Waals surface area contributed by atoms with Gasteiger partial charge in [-0.25, -0.2) is 9.97 Å². The van der Waals surface area contributed by atoms with Crippen LogP contribution in [0.1, 0.15) is 28.0 Å². The van der Waals surface area contributed by atoms with Crippen LogP contribution in [0.4, 0.5) is 10.3 Å². The molecule has 0 aliphatic rings. The van der Waals surface area contributed by atoms with Gasteiger partial charge < -0.3 is 10.3 Å². The van der Waals surface area contributed by atoms with E-state index in [0.29, 0.717) is 22.4 Å². The number of carbonyl (C=O) groups is 2. The number of benzene rings is 1. The van der Waals surface area contributed by atoms with Crippen LogP contribution in [0.15, 0.2) is 46.7 Å². The molecular weight excluding hydrogens is 422 g/mol. The number of hydrogen-bond donors (Lipinski definition) is 3. The molecule has 0 radical (unpaired) electrons. The van der Waals surface area contributed by atoms with Crippen LogP contribution in [0.5, 0.6) is 0 Å². The highest BCUT2D eigenvalue weighted by Crippen LogP contribution is 2.27. The highest BCUT2D eigenvalue weighted by molar-refractivity contribution is 7.22. The van der Waals surface area contributed by atoms with Gasteiger partial charge in [-0.2, -0.15) is 0 Å². The summed E-state index contributed by atoms with van der Waals surface area (Å²) >= 11 is 2.68. The van der Waals surface area contributed by atoms with Crippen LogP contribution in [0.2, 0.25) is 0 Å². The van der Waals surface area contributed by atoms with Crippen LogP contribution in [0, 0.1) is 6.92 Å². The van der Waals surface area contributed by atoms with Gasteiger partial charge in [-0.05, 0) is 43.2 Å². The molecule has 0 fully saturated rings. The molecule has 10 heteroatoms. The summed E-state index contributed by atoms with van der Waals surface area (Å²) in [6, 6.07) is 8.98. The minimum atomic E-state index is -0.526. The molecule has 0 atom stereocenters. The van der Waals surface area contributed by atoms with Gasteiger partial charge in [0, 0.05) is 18.0 Å². The normalized spacial score (nSPS) is 10.8. The van der Waals surface area contributed by atoms with Crippen LogP contribution in [-0.2, 0) is 11.2 Å². The van der Waals surface area contributed by atoms with Crippen molar-refractivity contribution in [1.29, 1.82) is 0 Å². The number of aromatic nitrogens is 3. The van der Waals surface area contributed by atoms with Crippen molar-refractivity contribution in [3.63, 3.8) is 0 Å². The summed E-state index contributed by atoms with van der Waals surface area (Å²) in [5.74, 6) is -0.679. The van der Waals surface area contributed by atoms with E-state index in [-0.39, 0.29) is 17.9 Å². The molecule has 0 aliphatic heterocycles. The predicted octanol–water partition coefficient (Wildman–Crippen LogP) is 3.57. The number of anilines is 2. The number of nitrogens with zero attached hydrogens (tertiary/aromatic N) is 2. The topological polar surface area (TPSA) is 117 Å². The third-order valence-corrected chi connectivity index (χ3v) is 5.97. The van der Waals surface area contributed by atoms with E-state index in [0.717, 1.165) is 15.8 Å². The Kier molecular flexibility index (Phi) is 5.68. The summed E-state index contributed by atoms with van der Waals surface area (Å²) in [5.41, 5.74) is 2.24. The number of carbonyl (C=O) groups excluding carboxylic acids is 2. The summed E-state index contributed by atoms with van der Waals surface area (Å²) in [6.07, 6.45) is 2.12. The second kappa shape index (κ2) is 8.56. The average Bonchev–Trinajstić information content (AvgIpc) is 3.32. The summed E-state index contributed by atoms with van der Waals surface area (Å²) in [6.45, 7) is 2.01. The van der Waals surface area contributed by atoms with E-state index in [9.17, 15) is 14.4 Å². The number of hydrogen-bond acceptors (Lipinski definition) is 7. The Morgan fingerprint density at radius 3 is 2.83 bits per heavy atom. The maximum absolute atomic E-state index is 12.3. The van der Waals surface area contributed by atoms with Crippen molar-refractivity contribution in [1.82, 2.24) is 15.0 Å². The lowest BCUT2D eigenvalue weighted by Crippen LogP contribution is -2.22. The number of rotatable bonds is 6. The van der Waals surface area contributed by atoms with Gasteiger partial charge in [0.15, 0.2) is 10.3 Å². The molecule has 3 aromatic heterocycles. The van der Waals surface area contributed by atoms with Gasteiger partial charge in [-0.3, -0.25) is 19.7 Å². The van der Waals surface area contributed by atoms with Crippen molar-refractivity contribution >= 4 is 55.0 Å². The van der Waals surface area contributed by atoms with Gasteiger partial charge in [0.1, 0.15) is 5.56 Å². The molecule has 0 saturated carbocycles. The molecule has 0 unspecified atom stereocenters. The van der Waals surface area contributed by atoms with E-state index < -0.39 is 11.5 Å². The fourth-order valence-electron chi connectivity index (χ4n) is 2.75. The van der Waals surface area contributed by atoms with Crippen LogP contribution >= 0.6 is 22.7 Å². The molecule has 152 valence electrons. The summed E-state index contributed by atoms with van der Waals surface area (Å²) in [4.78, 5) is 47.3. The van der Waals surface area contributed by atoms with E-state index in [1.165, 1.54) is 34.9 Å². The van der Waals surface area contributed by atoms with E-state index >= 15 is 0 Å². The first-order valence-electron chi connectivity index (χ1n) is 9.08. The zero-order valence-corrected chi connectivity index (χ0v) is 17.5. The molecule has 0 bridgehead atoms. The highest BCUT2D eigenvalue weighted by atomic mass is 32.1. The number of pyridine rings is 1. The Morgan fingerprint density at radius 1 is 1.13 bits per heavy atom. The Morgan fingerprint density at radius 2 is 2.00 bits per heavy atom. The second-order valence-electron chi connectivity index (χ2n) is 6.55. The lowest BCUT2D eigenvalue weighted by atomic mass is 10.2. The molecule has 3 heterocycles. The lowest BCUT2D eigenvalue weighted by molar-refractivity contribution is -0.116. The molecule has 1 aromatic carbocycles. The Labute approximate surface area is 179 Å². The van der Waals surface area contributed by atoms with Crippen molar-refractivity contribution in [2.75, 3.05) is 10.6 Å². The van der Waals surface area contributed by atoms with E-state index in [1.807, 2.05) is 25.1 Å². The van der Waals surface area contributed by atoms with E-state index in [4.69, 9.17) is 0 Å². The fraction of sp³-hybridized carbons (Fsp3) is 0.150. The van der Waals surface area contributed by atoms with Crippen molar-refractivity contribution in [2.24, 2.45) is 0 Å². The van der Waals surface area contributed by atoms with E-state index in [2.05, 4.69) is 25.6 Å². The number of aromatic amines is 1. The summed E-state index contributed by atoms with van der Waals surface area (Å²) < 4.78 is 1.03. The molecule has 0 spiro atoms. The van der Waals surface area contributed by atoms with Crippen molar-refractivity contribution < 1.29 is 9.59 Å². The van der Waals surface area contributed by atoms with Crippen LogP contribution in [0.3, 0.4) is 0 Å².